The minimum absolute atomic E-state index is 0.0261. The van der Waals surface area contributed by atoms with Crippen LogP contribution in [0.15, 0.2) is 42.5 Å². The van der Waals surface area contributed by atoms with Crippen LogP contribution in [0.1, 0.15) is 69.6 Å². The van der Waals surface area contributed by atoms with Gasteiger partial charge in [-0.05, 0) is 59.9 Å². The van der Waals surface area contributed by atoms with Crippen LogP contribution in [0.3, 0.4) is 0 Å². The molecular weight excluding hydrogens is 468 g/mol. The predicted molar refractivity (Wildman–Crippen MR) is 136 cm³/mol. The van der Waals surface area contributed by atoms with Gasteiger partial charge in [-0.25, -0.2) is 17.6 Å². The lowest BCUT2D eigenvalue weighted by Gasteiger charge is -2.40. The normalized spacial score (nSPS) is 17.8. The highest BCUT2D eigenvalue weighted by Crippen LogP contribution is 2.38. The number of halogens is 4. The molecule has 0 amide bonds. The Morgan fingerprint density at radius 2 is 1.58 bits per heavy atom. The summed E-state index contributed by atoms with van der Waals surface area (Å²) in [6.45, 7) is 6.19. The number of benzene rings is 2. The van der Waals surface area contributed by atoms with Crippen LogP contribution < -0.4 is 10.6 Å². The highest BCUT2D eigenvalue weighted by molar-refractivity contribution is 5.31. The summed E-state index contributed by atoms with van der Waals surface area (Å²) in [6.07, 6.45) is 2.44. The van der Waals surface area contributed by atoms with Crippen LogP contribution >= 0.6 is 0 Å². The molecule has 3 N–H and O–H groups in total. The molecule has 1 saturated carbocycles. The van der Waals surface area contributed by atoms with Crippen LogP contribution in [-0.4, -0.2) is 36.8 Å². The summed E-state index contributed by atoms with van der Waals surface area (Å²) in [5.41, 5.74) is 2.59. The second kappa shape index (κ2) is 12.5. The molecule has 1 aliphatic carbocycles. The second-order valence-corrected chi connectivity index (χ2v) is 11.4. The molecule has 1 aliphatic rings. The SMILES string of the molecule is CC(C)(C)Cc1cccc(C2(NCC(O)C(Cc3cc(F)cc(F)c3)NCC(F)F)CCCCC2)c1. The molecule has 2 aromatic rings. The zero-order valence-corrected chi connectivity index (χ0v) is 21.6. The van der Waals surface area contributed by atoms with E-state index in [1.807, 2.05) is 0 Å². The Kier molecular flexibility index (Phi) is 9.95. The van der Waals surface area contributed by atoms with Crippen molar-refractivity contribution in [3.8, 4) is 0 Å². The van der Waals surface area contributed by atoms with E-state index < -0.39 is 36.8 Å². The molecule has 0 saturated heterocycles. The van der Waals surface area contributed by atoms with Crippen molar-refractivity contribution >= 4 is 0 Å². The van der Waals surface area contributed by atoms with E-state index in [0.29, 0.717) is 5.56 Å². The summed E-state index contributed by atoms with van der Waals surface area (Å²) < 4.78 is 53.3. The molecule has 0 aliphatic heterocycles. The molecule has 1 fully saturated rings. The monoisotopic (exact) mass is 508 g/mol. The van der Waals surface area contributed by atoms with Gasteiger partial charge in [-0.2, -0.15) is 0 Å². The number of aliphatic hydroxyl groups excluding tert-OH is 1. The molecule has 0 spiro atoms. The van der Waals surface area contributed by atoms with Gasteiger partial charge < -0.3 is 15.7 Å². The topological polar surface area (TPSA) is 44.3 Å². The van der Waals surface area contributed by atoms with Crippen LogP contribution in [-0.2, 0) is 18.4 Å². The molecule has 2 unspecified atom stereocenters. The molecule has 0 radical (unpaired) electrons. The lowest BCUT2D eigenvalue weighted by atomic mass is 9.75. The van der Waals surface area contributed by atoms with E-state index in [9.17, 15) is 22.7 Å². The van der Waals surface area contributed by atoms with Gasteiger partial charge in [0, 0.05) is 24.2 Å². The molecule has 200 valence electrons. The maximum Gasteiger partial charge on any atom is 0.250 e. The summed E-state index contributed by atoms with van der Waals surface area (Å²) in [5.74, 6) is -1.47. The summed E-state index contributed by atoms with van der Waals surface area (Å²) in [7, 11) is 0. The van der Waals surface area contributed by atoms with Crippen molar-refractivity contribution in [1.29, 1.82) is 0 Å². The van der Waals surface area contributed by atoms with Crippen molar-refractivity contribution in [3.05, 3.63) is 70.8 Å². The van der Waals surface area contributed by atoms with Gasteiger partial charge >= 0.3 is 0 Å². The Balaban J connectivity index is 1.78. The van der Waals surface area contributed by atoms with Crippen LogP contribution in [0, 0.1) is 17.0 Å². The molecule has 0 heterocycles. The predicted octanol–water partition coefficient (Wildman–Crippen LogP) is 6.13. The fourth-order valence-electron chi connectivity index (χ4n) is 5.32. The van der Waals surface area contributed by atoms with E-state index in [1.165, 1.54) is 23.3 Å². The first kappa shape index (κ1) is 28.6. The Morgan fingerprint density at radius 3 is 2.19 bits per heavy atom. The zero-order valence-electron chi connectivity index (χ0n) is 21.6. The van der Waals surface area contributed by atoms with Gasteiger partial charge in [-0.3, -0.25) is 0 Å². The highest BCUT2D eigenvalue weighted by Gasteiger charge is 2.35. The Hall–Kier alpha value is -1.96. The average molecular weight is 509 g/mol. The van der Waals surface area contributed by atoms with E-state index in [0.717, 1.165) is 44.6 Å². The zero-order chi connectivity index (χ0) is 26.3. The van der Waals surface area contributed by atoms with Gasteiger partial charge in [0.05, 0.1) is 12.6 Å². The summed E-state index contributed by atoms with van der Waals surface area (Å²) in [5, 5.41) is 17.4. The standard InChI is InChI=1S/C29H40F4N2O/c1-28(2,3)17-20-8-7-9-22(12-20)29(10-5-4-6-11-29)35-18-26(36)25(34-19-27(32)33)15-21-13-23(30)16-24(31)14-21/h7-9,12-14,16,25-27,34-36H,4-6,10-11,15,17-19H2,1-3H3. The lowest BCUT2D eigenvalue weighted by Crippen LogP contribution is -2.53. The number of alkyl halides is 2. The average Bonchev–Trinajstić information content (AvgIpc) is 2.79. The lowest BCUT2D eigenvalue weighted by molar-refractivity contribution is 0.0865. The van der Waals surface area contributed by atoms with Crippen LogP contribution in [0.2, 0.25) is 0 Å². The van der Waals surface area contributed by atoms with E-state index in [1.54, 1.807) is 0 Å². The van der Waals surface area contributed by atoms with Gasteiger partial charge in [0.15, 0.2) is 0 Å². The molecule has 3 nitrogen and oxygen atoms in total. The largest absolute Gasteiger partial charge is 0.390 e. The Labute approximate surface area is 212 Å². The Bertz CT molecular complexity index is 950. The minimum Gasteiger partial charge on any atom is -0.390 e. The highest BCUT2D eigenvalue weighted by atomic mass is 19.3. The molecule has 3 rings (SSSR count). The van der Waals surface area contributed by atoms with E-state index in [2.05, 4.69) is 55.7 Å². The number of rotatable bonds is 11. The first-order chi connectivity index (χ1) is 17.0. The van der Waals surface area contributed by atoms with Gasteiger partial charge in [-0.1, -0.05) is 64.3 Å². The summed E-state index contributed by atoms with van der Waals surface area (Å²) >= 11 is 0. The smallest absolute Gasteiger partial charge is 0.250 e. The maximum absolute atomic E-state index is 13.7. The Morgan fingerprint density at radius 1 is 0.917 bits per heavy atom. The maximum atomic E-state index is 13.7. The summed E-state index contributed by atoms with van der Waals surface area (Å²) in [6, 6.07) is 10.9. The van der Waals surface area contributed by atoms with E-state index in [-0.39, 0.29) is 23.9 Å². The van der Waals surface area contributed by atoms with Crippen molar-refractivity contribution in [1.82, 2.24) is 10.6 Å². The summed E-state index contributed by atoms with van der Waals surface area (Å²) in [4.78, 5) is 0. The van der Waals surface area contributed by atoms with Crippen molar-refractivity contribution in [2.75, 3.05) is 13.1 Å². The first-order valence-electron chi connectivity index (χ1n) is 12.9. The van der Waals surface area contributed by atoms with E-state index >= 15 is 0 Å². The van der Waals surface area contributed by atoms with Crippen molar-refractivity contribution in [2.45, 2.75) is 89.8 Å². The van der Waals surface area contributed by atoms with Gasteiger partial charge in [0.1, 0.15) is 11.6 Å². The minimum atomic E-state index is -2.60. The van der Waals surface area contributed by atoms with Gasteiger partial charge in [0.2, 0.25) is 0 Å². The van der Waals surface area contributed by atoms with Gasteiger partial charge in [-0.15, -0.1) is 0 Å². The third-order valence-corrected chi connectivity index (χ3v) is 6.95. The second-order valence-electron chi connectivity index (χ2n) is 11.4. The molecule has 2 aromatic carbocycles. The fourth-order valence-corrected chi connectivity index (χ4v) is 5.32. The van der Waals surface area contributed by atoms with Crippen molar-refractivity contribution < 1.29 is 22.7 Å². The van der Waals surface area contributed by atoms with E-state index in [4.69, 9.17) is 0 Å². The molecule has 7 heteroatoms. The number of nitrogens with one attached hydrogen (secondary N) is 2. The third kappa shape index (κ3) is 8.56. The molecule has 0 bridgehead atoms. The van der Waals surface area contributed by atoms with Gasteiger partial charge in [0.25, 0.3) is 6.43 Å². The molecular formula is C29H40F4N2O. The number of hydrogen-bond acceptors (Lipinski definition) is 3. The molecule has 2 atom stereocenters. The fraction of sp³-hybridized carbons (Fsp3) is 0.586. The first-order valence-corrected chi connectivity index (χ1v) is 12.9. The molecule has 0 aromatic heterocycles. The van der Waals surface area contributed by atoms with Crippen LogP contribution in [0.5, 0.6) is 0 Å². The quantitative estimate of drug-likeness (QED) is 0.320. The number of aliphatic hydroxyl groups is 1. The van der Waals surface area contributed by atoms with Crippen LogP contribution in [0.25, 0.3) is 0 Å². The third-order valence-electron chi connectivity index (χ3n) is 6.95. The van der Waals surface area contributed by atoms with Crippen molar-refractivity contribution in [2.24, 2.45) is 5.41 Å². The van der Waals surface area contributed by atoms with Crippen LogP contribution in [0.4, 0.5) is 17.6 Å². The van der Waals surface area contributed by atoms with Crippen molar-refractivity contribution in [3.63, 3.8) is 0 Å². The molecule has 36 heavy (non-hydrogen) atoms. The number of hydrogen-bond donors (Lipinski definition) is 3.